The summed E-state index contributed by atoms with van der Waals surface area (Å²) in [6.07, 6.45) is 2.75. The van der Waals surface area contributed by atoms with Gasteiger partial charge in [-0.25, -0.2) is 0 Å². The highest BCUT2D eigenvalue weighted by atomic mass is 16.5. The zero-order valence-electron chi connectivity index (χ0n) is 15.9. The van der Waals surface area contributed by atoms with E-state index in [1.165, 1.54) is 0 Å². The van der Waals surface area contributed by atoms with E-state index in [1.54, 1.807) is 24.1 Å². The first-order chi connectivity index (χ1) is 13.7. The van der Waals surface area contributed by atoms with E-state index in [0.29, 0.717) is 25.2 Å². The van der Waals surface area contributed by atoms with Gasteiger partial charge >= 0.3 is 0 Å². The third-order valence-corrected chi connectivity index (χ3v) is 5.25. The predicted octanol–water partition coefficient (Wildman–Crippen LogP) is 2.70. The molecule has 2 aromatic carbocycles. The monoisotopic (exact) mass is 377 g/mol. The maximum atomic E-state index is 12.6. The molecule has 6 nitrogen and oxygen atoms in total. The lowest BCUT2D eigenvalue weighted by atomic mass is 10.1. The van der Waals surface area contributed by atoms with Gasteiger partial charge in [-0.15, -0.1) is 0 Å². The van der Waals surface area contributed by atoms with Crippen LogP contribution in [0.5, 0.6) is 5.75 Å². The number of piperazine rings is 1. The minimum atomic E-state index is -0.0858. The number of amides is 2. The molecule has 6 heteroatoms. The van der Waals surface area contributed by atoms with Crippen molar-refractivity contribution in [3.05, 3.63) is 65.9 Å². The summed E-state index contributed by atoms with van der Waals surface area (Å²) in [5.74, 6) is 0.725. The average Bonchev–Trinajstić information content (AvgIpc) is 3.15. The Bertz CT molecular complexity index is 997. The predicted molar refractivity (Wildman–Crippen MR) is 107 cm³/mol. The number of aromatic nitrogens is 1. The molecule has 2 heterocycles. The first-order valence-electron chi connectivity index (χ1n) is 9.42. The molecule has 0 radical (unpaired) electrons. The van der Waals surface area contributed by atoms with Crippen LogP contribution in [0.25, 0.3) is 10.9 Å². The highest BCUT2D eigenvalue weighted by molar-refractivity contribution is 5.97. The van der Waals surface area contributed by atoms with Gasteiger partial charge in [0.25, 0.3) is 5.91 Å². The van der Waals surface area contributed by atoms with Crippen LogP contribution in [-0.2, 0) is 11.2 Å². The Morgan fingerprint density at radius 3 is 2.71 bits per heavy atom. The van der Waals surface area contributed by atoms with Crippen molar-refractivity contribution in [3.63, 3.8) is 0 Å². The Hall–Kier alpha value is -3.28. The quantitative estimate of drug-likeness (QED) is 0.744. The van der Waals surface area contributed by atoms with E-state index in [1.807, 2.05) is 47.5 Å². The number of hydrogen-bond acceptors (Lipinski definition) is 3. The second-order valence-corrected chi connectivity index (χ2v) is 6.95. The topological polar surface area (TPSA) is 65.6 Å². The van der Waals surface area contributed by atoms with Crippen LogP contribution in [0.2, 0.25) is 0 Å². The van der Waals surface area contributed by atoms with E-state index in [4.69, 9.17) is 4.74 Å². The Labute approximate surface area is 163 Å². The van der Waals surface area contributed by atoms with Crippen molar-refractivity contribution in [2.45, 2.75) is 6.42 Å². The molecule has 1 aliphatic heterocycles. The van der Waals surface area contributed by atoms with E-state index in [9.17, 15) is 9.59 Å². The van der Waals surface area contributed by atoms with Gasteiger partial charge in [-0.05, 0) is 42.3 Å². The van der Waals surface area contributed by atoms with Gasteiger partial charge in [0.2, 0.25) is 5.91 Å². The summed E-state index contributed by atoms with van der Waals surface area (Å²) in [6, 6.07) is 15.0. The molecule has 1 aromatic heterocycles. The largest absolute Gasteiger partial charge is 0.497 e. The molecule has 1 saturated heterocycles. The number of nitrogens with one attached hydrogen (secondary N) is 1. The standard InChI is InChI=1S/C22H23N3O3/c1-28-18-7-8-20-19(13-18)17(14-23-20)9-10-24-11-12-25(15-21(24)26)22(27)16-5-3-2-4-6-16/h2-8,13-14,23H,9-12,15H2,1H3. The van der Waals surface area contributed by atoms with Crippen LogP contribution in [0.3, 0.4) is 0 Å². The molecule has 1 fully saturated rings. The fourth-order valence-electron chi connectivity index (χ4n) is 3.63. The number of aromatic amines is 1. The van der Waals surface area contributed by atoms with Gasteiger partial charge in [0.15, 0.2) is 0 Å². The molecule has 28 heavy (non-hydrogen) atoms. The summed E-state index contributed by atoms with van der Waals surface area (Å²) in [6.45, 7) is 1.88. The molecule has 0 saturated carbocycles. The zero-order valence-corrected chi connectivity index (χ0v) is 15.9. The van der Waals surface area contributed by atoms with Gasteiger partial charge in [-0.2, -0.15) is 0 Å². The molecule has 0 aliphatic carbocycles. The van der Waals surface area contributed by atoms with Crippen molar-refractivity contribution in [2.24, 2.45) is 0 Å². The van der Waals surface area contributed by atoms with Crippen molar-refractivity contribution < 1.29 is 14.3 Å². The number of nitrogens with zero attached hydrogens (tertiary/aromatic N) is 2. The number of carbonyl (C=O) groups is 2. The zero-order chi connectivity index (χ0) is 19.5. The number of rotatable bonds is 5. The summed E-state index contributed by atoms with van der Waals surface area (Å²) in [7, 11) is 1.66. The van der Waals surface area contributed by atoms with Crippen molar-refractivity contribution >= 4 is 22.7 Å². The number of carbonyl (C=O) groups excluding carboxylic acids is 2. The summed E-state index contributed by atoms with van der Waals surface area (Å²) in [4.78, 5) is 31.8. The van der Waals surface area contributed by atoms with Crippen LogP contribution in [-0.4, -0.2) is 59.9 Å². The minimum absolute atomic E-state index is 0.00653. The third kappa shape index (κ3) is 3.58. The van der Waals surface area contributed by atoms with Crippen LogP contribution in [0, 0.1) is 0 Å². The highest BCUT2D eigenvalue weighted by Crippen LogP contribution is 2.24. The smallest absolute Gasteiger partial charge is 0.254 e. The number of benzene rings is 2. The van der Waals surface area contributed by atoms with Crippen LogP contribution in [0.15, 0.2) is 54.7 Å². The minimum Gasteiger partial charge on any atom is -0.497 e. The summed E-state index contributed by atoms with van der Waals surface area (Å²) in [5.41, 5.74) is 2.83. The van der Waals surface area contributed by atoms with Gasteiger partial charge in [-0.3, -0.25) is 9.59 Å². The van der Waals surface area contributed by atoms with E-state index < -0.39 is 0 Å². The third-order valence-electron chi connectivity index (χ3n) is 5.25. The summed E-state index contributed by atoms with van der Waals surface area (Å²) >= 11 is 0. The average molecular weight is 377 g/mol. The Morgan fingerprint density at radius 1 is 1.14 bits per heavy atom. The summed E-state index contributed by atoms with van der Waals surface area (Å²) < 4.78 is 5.31. The number of H-pyrrole nitrogens is 1. The SMILES string of the molecule is COc1ccc2[nH]cc(CCN3CCN(C(=O)c4ccccc4)CC3=O)c2c1. The second kappa shape index (κ2) is 7.76. The molecule has 0 bridgehead atoms. The van der Waals surface area contributed by atoms with E-state index in [-0.39, 0.29) is 18.4 Å². The lowest BCUT2D eigenvalue weighted by Gasteiger charge is -2.34. The number of ether oxygens (including phenoxy) is 1. The van der Waals surface area contributed by atoms with Crippen LogP contribution >= 0.6 is 0 Å². The van der Waals surface area contributed by atoms with Gasteiger partial charge < -0.3 is 19.5 Å². The Balaban J connectivity index is 1.38. The van der Waals surface area contributed by atoms with Crippen molar-refractivity contribution in [3.8, 4) is 5.75 Å². The molecule has 0 unspecified atom stereocenters. The molecule has 1 N–H and O–H groups in total. The Kier molecular flexibility index (Phi) is 5.02. The maximum Gasteiger partial charge on any atom is 0.254 e. The van der Waals surface area contributed by atoms with Crippen molar-refractivity contribution in [1.82, 2.24) is 14.8 Å². The van der Waals surface area contributed by atoms with E-state index in [2.05, 4.69) is 4.98 Å². The van der Waals surface area contributed by atoms with Crippen molar-refractivity contribution in [1.29, 1.82) is 0 Å². The molecule has 1 aliphatic rings. The number of fused-ring (bicyclic) bond motifs is 1. The number of methoxy groups -OCH3 is 1. The molecule has 4 rings (SSSR count). The van der Waals surface area contributed by atoms with Crippen LogP contribution in [0.1, 0.15) is 15.9 Å². The normalized spacial score (nSPS) is 14.5. The lowest BCUT2D eigenvalue weighted by Crippen LogP contribution is -2.52. The lowest BCUT2D eigenvalue weighted by molar-refractivity contribution is -0.134. The van der Waals surface area contributed by atoms with Gasteiger partial charge in [-0.1, -0.05) is 18.2 Å². The van der Waals surface area contributed by atoms with E-state index in [0.717, 1.165) is 28.6 Å². The van der Waals surface area contributed by atoms with E-state index >= 15 is 0 Å². The molecule has 3 aromatic rings. The molecule has 0 atom stereocenters. The molecular formula is C22H23N3O3. The van der Waals surface area contributed by atoms with Crippen LogP contribution in [0.4, 0.5) is 0 Å². The Morgan fingerprint density at radius 2 is 1.96 bits per heavy atom. The first-order valence-corrected chi connectivity index (χ1v) is 9.42. The fraction of sp³-hybridized carbons (Fsp3) is 0.273. The summed E-state index contributed by atoms with van der Waals surface area (Å²) in [5, 5.41) is 1.12. The highest BCUT2D eigenvalue weighted by Gasteiger charge is 2.27. The molecular weight excluding hydrogens is 354 g/mol. The van der Waals surface area contributed by atoms with Gasteiger partial charge in [0, 0.05) is 42.3 Å². The van der Waals surface area contributed by atoms with Gasteiger partial charge in [0.05, 0.1) is 7.11 Å². The second-order valence-electron chi connectivity index (χ2n) is 6.95. The molecule has 144 valence electrons. The van der Waals surface area contributed by atoms with Crippen molar-refractivity contribution in [2.75, 3.05) is 33.3 Å². The molecule has 2 amide bonds. The fourth-order valence-corrected chi connectivity index (χ4v) is 3.63. The number of hydrogen-bond donors (Lipinski definition) is 1. The molecule has 0 spiro atoms. The van der Waals surface area contributed by atoms with Gasteiger partial charge in [0.1, 0.15) is 12.3 Å². The maximum absolute atomic E-state index is 12.6. The first kappa shape index (κ1) is 18.1. The van der Waals surface area contributed by atoms with Crippen LogP contribution < -0.4 is 4.74 Å².